The fraction of sp³-hybridized carbons (Fsp3) is 0.467. The quantitative estimate of drug-likeness (QED) is 0.766. The zero-order chi connectivity index (χ0) is 14.4. The van der Waals surface area contributed by atoms with Crippen LogP contribution >= 0.6 is 0 Å². The molecule has 1 rings (SSSR count). The molecule has 1 unspecified atom stereocenters. The number of esters is 1. The highest BCUT2D eigenvalue weighted by Gasteiger charge is 2.22. The third-order valence-corrected chi connectivity index (χ3v) is 2.96. The van der Waals surface area contributed by atoms with Gasteiger partial charge in [0, 0.05) is 13.1 Å². The monoisotopic (exact) mass is 263 g/mol. The summed E-state index contributed by atoms with van der Waals surface area (Å²) in [5.74, 6) is -0.622. The Balaban J connectivity index is 2.69. The lowest BCUT2D eigenvalue weighted by atomic mass is 10.1. The van der Waals surface area contributed by atoms with Gasteiger partial charge in [-0.3, -0.25) is 4.79 Å². The SMILES string of the molecule is CCN(CC)C(=O)C(C)OC(=O)c1cccc(C)c1. The van der Waals surface area contributed by atoms with E-state index in [0.717, 1.165) is 5.56 Å². The van der Waals surface area contributed by atoms with Crippen molar-refractivity contribution >= 4 is 11.9 Å². The second kappa shape index (κ2) is 6.92. The summed E-state index contributed by atoms with van der Waals surface area (Å²) in [6.45, 7) is 8.53. The van der Waals surface area contributed by atoms with Gasteiger partial charge in [0.1, 0.15) is 0 Å². The molecule has 1 aromatic carbocycles. The molecule has 1 amide bonds. The highest BCUT2D eigenvalue weighted by molar-refractivity contribution is 5.92. The molecule has 0 aromatic heterocycles. The van der Waals surface area contributed by atoms with Crippen LogP contribution in [0.4, 0.5) is 0 Å². The van der Waals surface area contributed by atoms with Crippen LogP contribution in [0, 0.1) is 6.92 Å². The van der Waals surface area contributed by atoms with Crippen LogP contribution in [0.15, 0.2) is 24.3 Å². The molecule has 0 aliphatic rings. The van der Waals surface area contributed by atoms with Gasteiger partial charge in [-0.25, -0.2) is 4.79 Å². The molecular weight excluding hydrogens is 242 g/mol. The largest absolute Gasteiger partial charge is 0.449 e. The van der Waals surface area contributed by atoms with Crippen molar-refractivity contribution in [2.75, 3.05) is 13.1 Å². The van der Waals surface area contributed by atoms with Crippen molar-refractivity contribution in [3.63, 3.8) is 0 Å². The Bertz CT molecular complexity index is 452. The van der Waals surface area contributed by atoms with Crippen molar-refractivity contribution in [1.29, 1.82) is 0 Å². The average molecular weight is 263 g/mol. The number of ether oxygens (including phenoxy) is 1. The van der Waals surface area contributed by atoms with E-state index in [-0.39, 0.29) is 5.91 Å². The average Bonchev–Trinajstić information content (AvgIpc) is 2.39. The minimum Gasteiger partial charge on any atom is -0.449 e. The number of amides is 1. The molecular formula is C15H21NO3. The topological polar surface area (TPSA) is 46.6 Å². The molecule has 19 heavy (non-hydrogen) atoms. The van der Waals surface area contributed by atoms with Crippen LogP contribution in [0.2, 0.25) is 0 Å². The summed E-state index contributed by atoms with van der Waals surface area (Å²) < 4.78 is 5.21. The molecule has 0 fully saturated rings. The van der Waals surface area contributed by atoms with E-state index in [4.69, 9.17) is 4.74 Å². The summed E-state index contributed by atoms with van der Waals surface area (Å²) in [7, 11) is 0. The van der Waals surface area contributed by atoms with Crippen molar-refractivity contribution < 1.29 is 14.3 Å². The Morgan fingerprint density at radius 1 is 1.26 bits per heavy atom. The normalized spacial score (nSPS) is 11.8. The summed E-state index contributed by atoms with van der Waals surface area (Å²) >= 11 is 0. The first kappa shape index (κ1) is 15.2. The predicted octanol–water partition coefficient (Wildman–Crippen LogP) is 2.41. The molecule has 0 bridgehead atoms. The molecule has 0 aliphatic heterocycles. The molecule has 4 nitrogen and oxygen atoms in total. The maximum absolute atomic E-state index is 12.0. The number of benzene rings is 1. The summed E-state index contributed by atoms with van der Waals surface area (Å²) in [6.07, 6.45) is -0.757. The lowest BCUT2D eigenvalue weighted by Crippen LogP contribution is -2.39. The number of rotatable bonds is 5. The lowest BCUT2D eigenvalue weighted by Gasteiger charge is -2.22. The van der Waals surface area contributed by atoms with Gasteiger partial charge in [0.05, 0.1) is 5.56 Å². The van der Waals surface area contributed by atoms with Gasteiger partial charge in [-0.05, 0) is 39.8 Å². The zero-order valence-electron chi connectivity index (χ0n) is 12.0. The molecule has 0 heterocycles. The van der Waals surface area contributed by atoms with Crippen LogP contribution in [-0.4, -0.2) is 36.0 Å². The molecule has 0 N–H and O–H groups in total. The van der Waals surface area contributed by atoms with E-state index >= 15 is 0 Å². The van der Waals surface area contributed by atoms with E-state index < -0.39 is 12.1 Å². The Labute approximate surface area is 114 Å². The first-order chi connectivity index (χ1) is 8.99. The smallest absolute Gasteiger partial charge is 0.338 e. The number of carbonyl (C=O) groups excluding carboxylic acids is 2. The fourth-order valence-electron chi connectivity index (χ4n) is 1.84. The fourth-order valence-corrected chi connectivity index (χ4v) is 1.84. The van der Waals surface area contributed by atoms with E-state index in [1.165, 1.54) is 0 Å². The van der Waals surface area contributed by atoms with Gasteiger partial charge in [-0.15, -0.1) is 0 Å². The predicted molar refractivity (Wildman–Crippen MR) is 74.0 cm³/mol. The van der Waals surface area contributed by atoms with E-state index in [1.807, 2.05) is 26.8 Å². The summed E-state index contributed by atoms with van der Waals surface area (Å²) in [4.78, 5) is 25.6. The Morgan fingerprint density at radius 3 is 2.42 bits per heavy atom. The van der Waals surface area contributed by atoms with E-state index in [0.29, 0.717) is 18.7 Å². The van der Waals surface area contributed by atoms with Gasteiger partial charge in [0.15, 0.2) is 6.10 Å². The third-order valence-electron chi connectivity index (χ3n) is 2.96. The number of nitrogens with zero attached hydrogens (tertiary/aromatic N) is 1. The second-order valence-corrected chi connectivity index (χ2v) is 4.43. The Morgan fingerprint density at radius 2 is 1.89 bits per heavy atom. The summed E-state index contributed by atoms with van der Waals surface area (Å²) in [5.41, 5.74) is 1.45. The van der Waals surface area contributed by atoms with Crippen molar-refractivity contribution in [2.24, 2.45) is 0 Å². The van der Waals surface area contributed by atoms with E-state index in [2.05, 4.69) is 0 Å². The zero-order valence-corrected chi connectivity index (χ0v) is 12.0. The Hall–Kier alpha value is -1.84. The van der Waals surface area contributed by atoms with Crippen LogP contribution in [0.1, 0.15) is 36.7 Å². The maximum Gasteiger partial charge on any atom is 0.338 e. The van der Waals surface area contributed by atoms with Gasteiger partial charge in [-0.2, -0.15) is 0 Å². The minimum absolute atomic E-state index is 0.161. The molecule has 0 radical (unpaired) electrons. The Kier molecular flexibility index (Phi) is 5.55. The second-order valence-electron chi connectivity index (χ2n) is 4.43. The van der Waals surface area contributed by atoms with Crippen molar-refractivity contribution in [3.8, 4) is 0 Å². The number of hydrogen-bond donors (Lipinski definition) is 0. The number of hydrogen-bond acceptors (Lipinski definition) is 3. The van der Waals surface area contributed by atoms with Crippen molar-refractivity contribution in [1.82, 2.24) is 4.90 Å². The summed E-state index contributed by atoms with van der Waals surface area (Å²) in [5, 5.41) is 0. The van der Waals surface area contributed by atoms with Crippen molar-refractivity contribution in [2.45, 2.75) is 33.8 Å². The van der Waals surface area contributed by atoms with Crippen LogP contribution < -0.4 is 0 Å². The molecule has 0 spiro atoms. The molecule has 4 heteroatoms. The number of carbonyl (C=O) groups is 2. The molecule has 0 saturated heterocycles. The number of aryl methyl sites for hydroxylation is 1. The highest BCUT2D eigenvalue weighted by Crippen LogP contribution is 2.08. The molecule has 104 valence electrons. The summed E-state index contributed by atoms with van der Waals surface area (Å²) in [6, 6.07) is 7.13. The lowest BCUT2D eigenvalue weighted by molar-refractivity contribution is -0.139. The van der Waals surface area contributed by atoms with Gasteiger partial charge < -0.3 is 9.64 Å². The van der Waals surface area contributed by atoms with E-state index in [9.17, 15) is 9.59 Å². The molecule has 1 atom stereocenters. The molecule has 0 saturated carbocycles. The van der Waals surface area contributed by atoms with Crippen LogP contribution in [0.25, 0.3) is 0 Å². The third kappa shape index (κ3) is 4.09. The minimum atomic E-state index is -0.757. The first-order valence-corrected chi connectivity index (χ1v) is 6.56. The van der Waals surface area contributed by atoms with Gasteiger partial charge in [0.2, 0.25) is 0 Å². The van der Waals surface area contributed by atoms with E-state index in [1.54, 1.807) is 30.0 Å². The number of likely N-dealkylation sites (N-methyl/N-ethyl adjacent to an activating group) is 1. The first-order valence-electron chi connectivity index (χ1n) is 6.56. The standard InChI is InChI=1S/C15H21NO3/c1-5-16(6-2)14(17)12(4)19-15(18)13-9-7-8-11(3)10-13/h7-10,12H,5-6H2,1-4H3. The van der Waals surface area contributed by atoms with Crippen LogP contribution in [0.5, 0.6) is 0 Å². The maximum atomic E-state index is 12.0. The van der Waals surface area contributed by atoms with Crippen LogP contribution in [-0.2, 0) is 9.53 Å². The van der Waals surface area contributed by atoms with Crippen molar-refractivity contribution in [3.05, 3.63) is 35.4 Å². The van der Waals surface area contributed by atoms with Gasteiger partial charge in [-0.1, -0.05) is 17.7 Å². The molecule has 1 aromatic rings. The van der Waals surface area contributed by atoms with Gasteiger partial charge in [0.25, 0.3) is 5.91 Å². The highest BCUT2D eigenvalue weighted by atomic mass is 16.5. The molecule has 0 aliphatic carbocycles. The van der Waals surface area contributed by atoms with Crippen LogP contribution in [0.3, 0.4) is 0 Å². The van der Waals surface area contributed by atoms with Gasteiger partial charge >= 0.3 is 5.97 Å².